The molecule has 0 unspecified atom stereocenters. The molecule has 2 amide bonds. The minimum Gasteiger partial charge on any atom is -0.379 e. The minimum atomic E-state index is 0.0269. The average Bonchev–Trinajstić information content (AvgIpc) is 2.98. The second-order valence-electron chi connectivity index (χ2n) is 7.78. The standard InChI is InChI=1S/C20H29N3O2/c1-15-13-23(14-19(15)22-9-11-25-12-10-22)20(24)21-18-7-5-17(6-8-18)16-3-2-4-16/h5-8,15-16,19H,2-4,9-14H2,1H3,(H,21,24)/t15-,19-/m1/s1. The van der Waals surface area contributed by atoms with Gasteiger partial charge in [0.25, 0.3) is 0 Å². The molecule has 2 heterocycles. The van der Waals surface area contributed by atoms with Gasteiger partial charge < -0.3 is 15.0 Å². The van der Waals surface area contributed by atoms with E-state index in [0.29, 0.717) is 12.0 Å². The number of hydrogen-bond acceptors (Lipinski definition) is 3. The summed E-state index contributed by atoms with van der Waals surface area (Å²) in [6.45, 7) is 7.47. The fraction of sp³-hybridized carbons (Fsp3) is 0.650. The van der Waals surface area contributed by atoms with Gasteiger partial charge in [-0.3, -0.25) is 4.90 Å². The van der Waals surface area contributed by atoms with E-state index >= 15 is 0 Å². The zero-order valence-corrected chi connectivity index (χ0v) is 15.1. The molecule has 3 fully saturated rings. The van der Waals surface area contributed by atoms with Crippen molar-refractivity contribution < 1.29 is 9.53 Å². The molecule has 1 aromatic carbocycles. The number of anilines is 1. The third-order valence-corrected chi connectivity index (χ3v) is 6.11. The fourth-order valence-corrected chi connectivity index (χ4v) is 4.28. The second kappa shape index (κ2) is 7.34. The molecule has 0 radical (unpaired) electrons. The van der Waals surface area contributed by atoms with Crippen molar-refractivity contribution in [2.24, 2.45) is 5.92 Å². The molecule has 1 saturated carbocycles. The monoisotopic (exact) mass is 343 g/mol. The first-order valence-corrected chi connectivity index (χ1v) is 9.68. The van der Waals surface area contributed by atoms with Crippen LogP contribution in [-0.4, -0.2) is 61.3 Å². The number of ether oxygens (including phenoxy) is 1. The summed E-state index contributed by atoms with van der Waals surface area (Å²) < 4.78 is 5.45. The topological polar surface area (TPSA) is 44.8 Å². The Labute approximate surface area is 150 Å². The van der Waals surface area contributed by atoms with Crippen molar-refractivity contribution in [2.45, 2.75) is 38.1 Å². The lowest BCUT2D eigenvalue weighted by atomic mass is 9.80. The Morgan fingerprint density at radius 3 is 2.48 bits per heavy atom. The largest absolute Gasteiger partial charge is 0.379 e. The summed E-state index contributed by atoms with van der Waals surface area (Å²) >= 11 is 0. The van der Waals surface area contributed by atoms with E-state index in [1.807, 2.05) is 17.0 Å². The van der Waals surface area contributed by atoms with Crippen LogP contribution in [0.1, 0.15) is 37.7 Å². The van der Waals surface area contributed by atoms with E-state index in [9.17, 15) is 4.79 Å². The van der Waals surface area contributed by atoms with Gasteiger partial charge in [0.1, 0.15) is 0 Å². The number of carbonyl (C=O) groups is 1. The normalized spacial score (nSPS) is 28.0. The van der Waals surface area contributed by atoms with Gasteiger partial charge in [0.2, 0.25) is 0 Å². The lowest BCUT2D eigenvalue weighted by Crippen LogP contribution is -2.47. The van der Waals surface area contributed by atoms with E-state index in [1.165, 1.54) is 24.8 Å². The van der Waals surface area contributed by atoms with Gasteiger partial charge in [0.05, 0.1) is 13.2 Å². The van der Waals surface area contributed by atoms with Crippen LogP contribution in [0.2, 0.25) is 0 Å². The van der Waals surface area contributed by atoms with Crippen LogP contribution < -0.4 is 5.32 Å². The third-order valence-electron chi connectivity index (χ3n) is 6.11. The quantitative estimate of drug-likeness (QED) is 0.917. The number of nitrogens with one attached hydrogen (secondary N) is 1. The molecule has 2 saturated heterocycles. The van der Waals surface area contributed by atoms with Crippen LogP contribution in [0.5, 0.6) is 0 Å². The summed E-state index contributed by atoms with van der Waals surface area (Å²) in [5.74, 6) is 1.24. The maximum absolute atomic E-state index is 12.6. The van der Waals surface area contributed by atoms with Gasteiger partial charge in [0, 0.05) is 37.9 Å². The number of benzene rings is 1. The van der Waals surface area contributed by atoms with Gasteiger partial charge in [-0.05, 0) is 42.4 Å². The van der Waals surface area contributed by atoms with Gasteiger partial charge in [-0.2, -0.15) is 0 Å². The molecule has 5 nitrogen and oxygen atoms in total. The summed E-state index contributed by atoms with van der Waals surface area (Å²) in [6, 6.07) is 8.91. The summed E-state index contributed by atoms with van der Waals surface area (Å²) in [5, 5.41) is 3.07. The molecule has 3 aliphatic rings. The Hall–Kier alpha value is -1.59. The second-order valence-corrected chi connectivity index (χ2v) is 7.78. The van der Waals surface area contributed by atoms with Crippen molar-refractivity contribution in [3.05, 3.63) is 29.8 Å². The molecule has 25 heavy (non-hydrogen) atoms. The smallest absolute Gasteiger partial charge is 0.321 e. The van der Waals surface area contributed by atoms with Crippen molar-refractivity contribution >= 4 is 11.7 Å². The third kappa shape index (κ3) is 3.67. The molecule has 5 heteroatoms. The summed E-state index contributed by atoms with van der Waals surface area (Å²) in [5.41, 5.74) is 2.31. The number of hydrogen-bond donors (Lipinski definition) is 1. The van der Waals surface area contributed by atoms with Crippen LogP contribution in [0.25, 0.3) is 0 Å². The highest BCUT2D eigenvalue weighted by molar-refractivity contribution is 5.89. The molecule has 1 N–H and O–H groups in total. The first-order valence-electron chi connectivity index (χ1n) is 9.68. The molecule has 4 rings (SSSR count). The summed E-state index contributed by atoms with van der Waals surface area (Å²) in [6.07, 6.45) is 3.96. The summed E-state index contributed by atoms with van der Waals surface area (Å²) in [7, 11) is 0. The van der Waals surface area contributed by atoms with Crippen LogP contribution in [-0.2, 0) is 4.74 Å². The molecule has 0 bridgehead atoms. The van der Waals surface area contributed by atoms with E-state index in [-0.39, 0.29) is 6.03 Å². The zero-order valence-electron chi connectivity index (χ0n) is 15.1. The maximum atomic E-state index is 12.6. The lowest BCUT2D eigenvalue weighted by Gasteiger charge is -2.33. The lowest BCUT2D eigenvalue weighted by molar-refractivity contribution is 0.0123. The van der Waals surface area contributed by atoms with E-state index < -0.39 is 0 Å². The van der Waals surface area contributed by atoms with Gasteiger partial charge in [-0.25, -0.2) is 4.79 Å². The predicted octanol–water partition coefficient (Wildman–Crippen LogP) is 3.14. The molecule has 136 valence electrons. The first-order chi connectivity index (χ1) is 12.2. The Morgan fingerprint density at radius 2 is 1.84 bits per heavy atom. The highest BCUT2D eigenvalue weighted by atomic mass is 16.5. The first kappa shape index (κ1) is 16.9. The highest BCUT2D eigenvalue weighted by Gasteiger charge is 2.36. The number of amides is 2. The molecular weight excluding hydrogens is 314 g/mol. The number of morpholine rings is 1. The minimum absolute atomic E-state index is 0.0269. The molecule has 1 aliphatic carbocycles. The SMILES string of the molecule is C[C@@H]1CN(C(=O)Nc2ccc(C3CCC3)cc2)C[C@H]1N1CCOCC1. The average molecular weight is 343 g/mol. The van der Waals surface area contributed by atoms with Gasteiger partial charge in [-0.15, -0.1) is 0 Å². The highest BCUT2D eigenvalue weighted by Crippen LogP contribution is 2.36. The molecule has 1 aromatic rings. The Morgan fingerprint density at radius 1 is 1.12 bits per heavy atom. The van der Waals surface area contributed by atoms with Crippen molar-refractivity contribution in [3.8, 4) is 0 Å². The van der Waals surface area contributed by atoms with Crippen LogP contribution in [0, 0.1) is 5.92 Å². The summed E-state index contributed by atoms with van der Waals surface area (Å²) in [4.78, 5) is 17.1. The van der Waals surface area contributed by atoms with Crippen molar-refractivity contribution in [1.29, 1.82) is 0 Å². The number of rotatable bonds is 3. The number of carbonyl (C=O) groups excluding carboxylic acids is 1. The van der Waals surface area contributed by atoms with E-state index in [0.717, 1.165) is 51.0 Å². The Kier molecular flexibility index (Phi) is 4.95. The molecule has 0 aromatic heterocycles. The van der Waals surface area contributed by atoms with Crippen molar-refractivity contribution in [1.82, 2.24) is 9.80 Å². The van der Waals surface area contributed by atoms with Crippen LogP contribution in [0.3, 0.4) is 0 Å². The van der Waals surface area contributed by atoms with Gasteiger partial charge in [0.15, 0.2) is 0 Å². The Balaban J connectivity index is 1.33. The maximum Gasteiger partial charge on any atom is 0.321 e. The predicted molar refractivity (Wildman–Crippen MR) is 99.0 cm³/mol. The Bertz CT molecular complexity index is 593. The van der Waals surface area contributed by atoms with Crippen LogP contribution in [0.15, 0.2) is 24.3 Å². The molecule has 0 spiro atoms. The van der Waals surface area contributed by atoms with Crippen molar-refractivity contribution in [3.63, 3.8) is 0 Å². The van der Waals surface area contributed by atoms with E-state index in [1.54, 1.807) is 0 Å². The van der Waals surface area contributed by atoms with Crippen LogP contribution in [0.4, 0.5) is 10.5 Å². The van der Waals surface area contributed by atoms with Crippen LogP contribution >= 0.6 is 0 Å². The fourth-order valence-electron chi connectivity index (χ4n) is 4.28. The van der Waals surface area contributed by atoms with Crippen molar-refractivity contribution in [2.75, 3.05) is 44.7 Å². The van der Waals surface area contributed by atoms with E-state index in [4.69, 9.17) is 4.74 Å². The number of nitrogens with zero attached hydrogens (tertiary/aromatic N) is 2. The number of urea groups is 1. The molecule has 2 aliphatic heterocycles. The number of likely N-dealkylation sites (tertiary alicyclic amines) is 1. The van der Waals surface area contributed by atoms with Gasteiger partial charge in [-0.1, -0.05) is 25.5 Å². The zero-order chi connectivity index (χ0) is 17.2. The van der Waals surface area contributed by atoms with Gasteiger partial charge >= 0.3 is 6.03 Å². The molecule has 2 atom stereocenters. The van der Waals surface area contributed by atoms with E-state index in [2.05, 4.69) is 29.3 Å². The molecular formula is C20H29N3O2.